The highest BCUT2D eigenvalue weighted by molar-refractivity contribution is 6.35. The molecule has 3 rings (SSSR count). The topological polar surface area (TPSA) is 29.5 Å². The van der Waals surface area contributed by atoms with Gasteiger partial charge in [-0.05, 0) is 54.6 Å². The number of halogens is 2. The lowest BCUT2D eigenvalue weighted by Crippen LogP contribution is -2.24. The molecule has 0 radical (unpaired) electrons. The Balaban J connectivity index is 2.35. The van der Waals surface area contributed by atoms with Crippen LogP contribution >= 0.6 is 23.2 Å². The molecule has 0 aliphatic rings. The van der Waals surface area contributed by atoms with E-state index in [0.29, 0.717) is 15.6 Å². The van der Waals surface area contributed by atoms with Crippen molar-refractivity contribution in [3.63, 3.8) is 0 Å². The lowest BCUT2D eigenvalue weighted by Gasteiger charge is -2.26. The molecule has 0 fully saturated rings. The number of fused-ring (bicyclic) bond motifs is 1. The zero-order valence-corrected chi connectivity index (χ0v) is 17.1. The standard InChI is InChI=1S/C22H21Cl2NO2/c1-4-25(5-2)21-19-8-6-7-17(14-11-15(23)13-16(24)12-14)18(19)9-10-20(21)22(26)27-3/h6-13H,4-5H2,1-3H3. The van der Waals surface area contributed by atoms with Gasteiger partial charge in [0.1, 0.15) is 0 Å². The van der Waals surface area contributed by atoms with Gasteiger partial charge in [0.25, 0.3) is 0 Å². The van der Waals surface area contributed by atoms with Crippen molar-refractivity contribution in [1.82, 2.24) is 0 Å². The number of rotatable bonds is 5. The number of ether oxygens (including phenoxy) is 1. The maximum absolute atomic E-state index is 12.4. The smallest absolute Gasteiger partial charge is 0.339 e. The first-order valence-electron chi connectivity index (χ1n) is 8.85. The molecular formula is C22H21Cl2NO2. The van der Waals surface area contributed by atoms with Crippen molar-refractivity contribution in [3.05, 3.63) is 64.1 Å². The van der Waals surface area contributed by atoms with E-state index in [9.17, 15) is 4.79 Å². The Morgan fingerprint density at radius 2 is 1.63 bits per heavy atom. The van der Waals surface area contributed by atoms with Gasteiger partial charge >= 0.3 is 5.97 Å². The summed E-state index contributed by atoms with van der Waals surface area (Å²) in [5, 5.41) is 3.20. The number of nitrogens with zero attached hydrogens (tertiary/aromatic N) is 1. The van der Waals surface area contributed by atoms with Crippen molar-refractivity contribution in [2.75, 3.05) is 25.1 Å². The van der Waals surface area contributed by atoms with E-state index < -0.39 is 0 Å². The molecule has 3 aromatic carbocycles. The molecule has 0 bridgehead atoms. The molecule has 0 unspecified atom stereocenters. The molecule has 0 saturated heterocycles. The van der Waals surface area contributed by atoms with Gasteiger partial charge in [0.2, 0.25) is 0 Å². The summed E-state index contributed by atoms with van der Waals surface area (Å²) in [5.74, 6) is -0.338. The lowest BCUT2D eigenvalue weighted by atomic mass is 9.95. The van der Waals surface area contributed by atoms with Crippen LogP contribution in [0.5, 0.6) is 0 Å². The molecule has 27 heavy (non-hydrogen) atoms. The van der Waals surface area contributed by atoms with Crippen LogP contribution in [0, 0.1) is 0 Å². The third-order valence-corrected chi connectivity index (χ3v) is 5.13. The maximum Gasteiger partial charge on any atom is 0.339 e. The van der Waals surface area contributed by atoms with Crippen molar-refractivity contribution < 1.29 is 9.53 Å². The molecule has 0 aliphatic heterocycles. The molecule has 0 atom stereocenters. The van der Waals surface area contributed by atoms with Crippen LogP contribution in [-0.4, -0.2) is 26.2 Å². The second kappa shape index (κ2) is 8.20. The van der Waals surface area contributed by atoms with E-state index in [2.05, 4.69) is 18.7 Å². The first kappa shape index (κ1) is 19.5. The lowest BCUT2D eigenvalue weighted by molar-refractivity contribution is 0.0601. The zero-order chi connectivity index (χ0) is 19.6. The quantitative estimate of drug-likeness (QED) is 0.460. The van der Waals surface area contributed by atoms with E-state index in [4.69, 9.17) is 27.9 Å². The van der Waals surface area contributed by atoms with E-state index in [1.807, 2.05) is 42.5 Å². The molecule has 0 aromatic heterocycles. The van der Waals surface area contributed by atoms with Gasteiger partial charge in [0.15, 0.2) is 0 Å². The Hall–Kier alpha value is -2.23. The molecule has 3 aromatic rings. The monoisotopic (exact) mass is 401 g/mol. The number of methoxy groups -OCH3 is 1. The Kier molecular flexibility index (Phi) is 5.93. The van der Waals surface area contributed by atoms with Gasteiger partial charge in [0, 0.05) is 28.5 Å². The fourth-order valence-corrected chi connectivity index (χ4v) is 3.98. The summed E-state index contributed by atoms with van der Waals surface area (Å²) >= 11 is 12.4. The normalized spacial score (nSPS) is 10.9. The Morgan fingerprint density at radius 3 is 2.22 bits per heavy atom. The average molecular weight is 402 g/mol. The van der Waals surface area contributed by atoms with Crippen molar-refractivity contribution >= 4 is 45.6 Å². The highest BCUT2D eigenvalue weighted by Gasteiger charge is 2.20. The summed E-state index contributed by atoms with van der Waals surface area (Å²) in [6.07, 6.45) is 0. The number of benzene rings is 3. The molecule has 0 spiro atoms. The third-order valence-electron chi connectivity index (χ3n) is 4.69. The minimum atomic E-state index is -0.338. The molecule has 5 heteroatoms. The number of hydrogen-bond donors (Lipinski definition) is 0. The van der Waals surface area contributed by atoms with E-state index in [1.165, 1.54) is 7.11 Å². The minimum absolute atomic E-state index is 0.338. The molecule has 0 N–H and O–H groups in total. The van der Waals surface area contributed by atoms with E-state index in [0.717, 1.165) is 40.7 Å². The van der Waals surface area contributed by atoms with Crippen molar-refractivity contribution in [2.45, 2.75) is 13.8 Å². The van der Waals surface area contributed by atoms with Gasteiger partial charge in [-0.3, -0.25) is 0 Å². The fourth-order valence-electron chi connectivity index (χ4n) is 3.46. The number of carbonyl (C=O) groups excluding carboxylic acids is 1. The van der Waals surface area contributed by atoms with Gasteiger partial charge in [-0.15, -0.1) is 0 Å². The number of anilines is 1. The summed E-state index contributed by atoms with van der Waals surface area (Å²) in [6.45, 7) is 5.72. The van der Waals surface area contributed by atoms with E-state index in [1.54, 1.807) is 6.07 Å². The van der Waals surface area contributed by atoms with Gasteiger partial charge in [-0.1, -0.05) is 47.5 Å². The summed E-state index contributed by atoms with van der Waals surface area (Å²) in [4.78, 5) is 14.5. The molecule has 0 amide bonds. The van der Waals surface area contributed by atoms with Crippen molar-refractivity contribution in [1.29, 1.82) is 0 Å². The van der Waals surface area contributed by atoms with Crippen LogP contribution in [-0.2, 0) is 4.74 Å². The molecular weight excluding hydrogens is 381 g/mol. The summed E-state index contributed by atoms with van der Waals surface area (Å²) < 4.78 is 5.01. The molecule has 140 valence electrons. The largest absolute Gasteiger partial charge is 0.465 e. The Morgan fingerprint density at radius 1 is 0.963 bits per heavy atom. The number of esters is 1. The predicted octanol–water partition coefficient (Wildman–Crippen LogP) is 6.45. The minimum Gasteiger partial charge on any atom is -0.465 e. The Bertz CT molecular complexity index is 977. The third kappa shape index (κ3) is 3.76. The van der Waals surface area contributed by atoms with Crippen LogP contribution in [0.2, 0.25) is 10.0 Å². The highest BCUT2D eigenvalue weighted by Crippen LogP contribution is 2.38. The van der Waals surface area contributed by atoms with E-state index in [-0.39, 0.29) is 5.97 Å². The first-order valence-corrected chi connectivity index (χ1v) is 9.61. The SMILES string of the molecule is CCN(CC)c1c(C(=O)OC)ccc2c(-c3cc(Cl)cc(Cl)c3)cccc12. The van der Waals surface area contributed by atoms with Gasteiger partial charge in [-0.25, -0.2) is 4.79 Å². The van der Waals surface area contributed by atoms with E-state index >= 15 is 0 Å². The molecule has 0 saturated carbocycles. The molecule has 3 nitrogen and oxygen atoms in total. The zero-order valence-electron chi connectivity index (χ0n) is 15.6. The summed E-state index contributed by atoms with van der Waals surface area (Å²) in [6, 6.07) is 15.4. The first-order chi connectivity index (χ1) is 13.0. The highest BCUT2D eigenvalue weighted by atomic mass is 35.5. The Labute approximate surface area is 169 Å². The number of hydrogen-bond acceptors (Lipinski definition) is 3. The second-order valence-corrected chi connectivity index (χ2v) is 7.06. The average Bonchev–Trinajstić information content (AvgIpc) is 2.67. The fraction of sp³-hybridized carbons (Fsp3) is 0.227. The number of carbonyl (C=O) groups is 1. The molecule has 0 aliphatic carbocycles. The maximum atomic E-state index is 12.4. The van der Waals surface area contributed by atoms with Crippen LogP contribution in [0.15, 0.2) is 48.5 Å². The van der Waals surface area contributed by atoms with Crippen molar-refractivity contribution in [3.8, 4) is 11.1 Å². The van der Waals surface area contributed by atoms with Crippen LogP contribution in [0.1, 0.15) is 24.2 Å². The predicted molar refractivity (Wildman–Crippen MR) is 114 cm³/mol. The second-order valence-electron chi connectivity index (χ2n) is 6.18. The molecule has 0 heterocycles. The van der Waals surface area contributed by atoms with Crippen LogP contribution < -0.4 is 4.90 Å². The summed E-state index contributed by atoms with van der Waals surface area (Å²) in [5.41, 5.74) is 3.41. The van der Waals surface area contributed by atoms with Gasteiger partial charge in [-0.2, -0.15) is 0 Å². The van der Waals surface area contributed by atoms with Gasteiger partial charge < -0.3 is 9.64 Å². The van der Waals surface area contributed by atoms with Crippen LogP contribution in [0.3, 0.4) is 0 Å². The van der Waals surface area contributed by atoms with Gasteiger partial charge in [0.05, 0.1) is 18.4 Å². The summed E-state index contributed by atoms with van der Waals surface area (Å²) in [7, 11) is 1.41. The van der Waals surface area contributed by atoms with Crippen LogP contribution in [0.25, 0.3) is 21.9 Å². The van der Waals surface area contributed by atoms with Crippen LogP contribution in [0.4, 0.5) is 5.69 Å². The van der Waals surface area contributed by atoms with Crippen molar-refractivity contribution in [2.24, 2.45) is 0 Å².